The summed E-state index contributed by atoms with van der Waals surface area (Å²) >= 11 is 0. The van der Waals surface area contributed by atoms with Crippen LogP contribution in [0.1, 0.15) is 137 Å². The zero-order chi connectivity index (χ0) is 24.4. The molecule has 0 radical (unpaired) electrons. The second kappa shape index (κ2) is 26.4. The van der Waals surface area contributed by atoms with E-state index in [0.717, 1.165) is 51.7 Å². The highest BCUT2D eigenvalue weighted by molar-refractivity contribution is 4.59. The van der Waals surface area contributed by atoms with Crippen LogP contribution >= 0.6 is 0 Å². The van der Waals surface area contributed by atoms with E-state index in [0.29, 0.717) is 19.1 Å². The maximum Gasteiger partial charge on any atom is 0.0927 e. The Hall–Kier alpha value is -0.200. The average molecular weight is 475 g/mol. The second-order valence-corrected chi connectivity index (χ2v) is 9.41. The highest BCUT2D eigenvalue weighted by atomic mass is 17.2. The van der Waals surface area contributed by atoms with Gasteiger partial charge in [-0.25, -0.2) is 19.6 Å². The summed E-state index contributed by atoms with van der Waals surface area (Å²) < 4.78 is 5.67. The van der Waals surface area contributed by atoms with Crippen molar-refractivity contribution in [3.8, 4) is 0 Å². The van der Waals surface area contributed by atoms with Crippen molar-refractivity contribution in [1.29, 1.82) is 0 Å². The van der Waals surface area contributed by atoms with E-state index in [9.17, 15) is 0 Å². The summed E-state index contributed by atoms with van der Waals surface area (Å²) in [6, 6.07) is 0. The maximum atomic E-state index is 5.69. The van der Waals surface area contributed by atoms with E-state index < -0.39 is 0 Å². The molecule has 2 unspecified atom stereocenters. The van der Waals surface area contributed by atoms with Crippen molar-refractivity contribution in [2.24, 2.45) is 5.92 Å². The quantitative estimate of drug-likeness (QED) is 0.0677. The van der Waals surface area contributed by atoms with Crippen LogP contribution in [-0.2, 0) is 24.3 Å². The molecular weight excluding hydrogens is 416 g/mol. The van der Waals surface area contributed by atoms with Crippen LogP contribution in [0.25, 0.3) is 0 Å². The van der Waals surface area contributed by atoms with Gasteiger partial charge in [0.2, 0.25) is 0 Å². The molecule has 0 bridgehead atoms. The summed E-state index contributed by atoms with van der Waals surface area (Å²) in [5.74, 6) is 0.389. The molecule has 0 aliphatic rings. The van der Waals surface area contributed by atoms with E-state index in [4.69, 9.17) is 24.3 Å². The third-order valence-electron chi connectivity index (χ3n) is 6.35. The third kappa shape index (κ3) is 22.0. The molecule has 5 nitrogen and oxygen atoms in total. The molecular formula is C28H58O5. The third-order valence-corrected chi connectivity index (χ3v) is 6.35. The lowest BCUT2D eigenvalue weighted by molar-refractivity contribution is -0.331. The highest BCUT2D eigenvalue weighted by Crippen LogP contribution is 2.16. The van der Waals surface area contributed by atoms with Gasteiger partial charge in [-0.1, -0.05) is 91.9 Å². The molecule has 0 aromatic rings. The minimum absolute atomic E-state index is 0.210. The Morgan fingerprint density at radius 3 is 1.36 bits per heavy atom. The Labute approximate surface area is 206 Å². The van der Waals surface area contributed by atoms with E-state index in [2.05, 4.69) is 27.7 Å². The normalized spacial score (nSPS) is 14.5. The van der Waals surface area contributed by atoms with Gasteiger partial charge in [0.05, 0.1) is 25.4 Å². The number of rotatable bonds is 27. The van der Waals surface area contributed by atoms with Gasteiger partial charge in [-0.3, -0.25) is 0 Å². The summed E-state index contributed by atoms with van der Waals surface area (Å²) in [6.45, 7) is 13.5. The Morgan fingerprint density at radius 2 is 0.970 bits per heavy atom. The molecule has 0 aliphatic heterocycles. The van der Waals surface area contributed by atoms with Crippen molar-refractivity contribution < 1.29 is 24.3 Å². The highest BCUT2D eigenvalue weighted by Gasteiger charge is 2.13. The van der Waals surface area contributed by atoms with E-state index in [1.54, 1.807) is 0 Å². The van der Waals surface area contributed by atoms with E-state index in [-0.39, 0.29) is 12.2 Å². The Bertz CT molecular complexity index is 336. The molecule has 0 aromatic carbocycles. The Kier molecular flexibility index (Phi) is 26.2. The molecule has 200 valence electrons. The molecule has 5 heteroatoms. The summed E-state index contributed by atoms with van der Waals surface area (Å²) in [5.41, 5.74) is 0. The Balaban J connectivity index is 3.99. The fourth-order valence-electron chi connectivity index (χ4n) is 3.91. The summed E-state index contributed by atoms with van der Waals surface area (Å²) in [4.78, 5) is 22.5. The van der Waals surface area contributed by atoms with Gasteiger partial charge in [0.15, 0.2) is 0 Å². The summed E-state index contributed by atoms with van der Waals surface area (Å²) in [7, 11) is 0. The van der Waals surface area contributed by atoms with Crippen molar-refractivity contribution in [1.82, 2.24) is 0 Å². The van der Waals surface area contributed by atoms with Gasteiger partial charge in [-0.2, -0.15) is 0 Å². The van der Waals surface area contributed by atoms with Crippen LogP contribution in [0.15, 0.2) is 0 Å². The fourth-order valence-corrected chi connectivity index (χ4v) is 3.91. The average Bonchev–Trinajstić information content (AvgIpc) is 2.84. The SMILES string of the molecule is CCCCCCCC(CC)OOCCC(CCOOC(CC)CCCCCCC)COCC. The predicted octanol–water partition coefficient (Wildman–Crippen LogP) is 8.59. The molecule has 0 saturated carbocycles. The molecule has 2 atom stereocenters. The van der Waals surface area contributed by atoms with Gasteiger partial charge in [-0.05, 0) is 51.4 Å². The zero-order valence-corrected chi connectivity index (χ0v) is 22.9. The van der Waals surface area contributed by atoms with Crippen LogP contribution in [0.2, 0.25) is 0 Å². The number of hydrogen-bond acceptors (Lipinski definition) is 5. The topological polar surface area (TPSA) is 46.2 Å². The van der Waals surface area contributed by atoms with Crippen LogP contribution in [0.5, 0.6) is 0 Å². The zero-order valence-electron chi connectivity index (χ0n) is 22.9. The summed E-state index contributed by atoms with van der Waals surface area (Å²) in [6.07, 6.45) is 19.4. The fraction of sp³-hybridized carbons (Fsp3) is 1.00. The predicted molar refractivity (Wildman–Crippen MR) is 138 cm³/mol. The number of unbranched alkanes of at least 4 members (excludes halogenated alkanes) is 8. The van der Waals surface area contributed by atoms with Crippen LogP contribution < -0.4 is 0 Å². The maximum absolute atomic E-state index is 5.69. The van der Waals surface area contributed by atoms with Crippen molar-refractivity contribution >= 4 is 0 Å². The molecule has 0 heterocycles. The first-order valence-corrected chi connectivity index (χ1v) is 14.4. The van der Waals surface area contributed by atoms with Crippen molar-refractivity contribution in [3.63, 3.8) is 0 Å². The van der Waals surface area contributed by atoms with Gasteiger partial charge in [0.25, 0.3) is 0 Å². The first-order chi connectivity index (χ1) is 16.2. The number of ether oxygens (including phenoxy) is 1. The van der Waals surface area contributed by atoms with Crippen LogP contribution in [0.3, 0.4) is 0 Å². The lowest BCUT2D eigenvalue weighted by atomic mass is 10.0. The number of hydrogen-bond donors (Lipinski definition) is 0. The first-order valence-electron chi connectivity index (χ1n) is 14.4. The van der Waals surface area contributed by atoms with Gasteiger partial charge in [-0.15, -0.1) is 0 Å². The van der Waals surface area contributed by atoms with Crippen molar-refractivity contribution in [2.45, 2.75) is 150 Å². The van der Waals surface area contributed by atoms with Crippen LogP contribution in [-0.4, -0.2) is 38.6 Å². The van der Waals surface area contributed by atoms with E-state index in [1.165, 1.54) is 64.2 Å². The molecule has 0 spiro atoms. The van der Waals surface area contributed by atoms with Crippen molar-refractivity contribution in [2.75, 3.05) is 26.4 Å². The van der Waals surface area contributed by atoms with E-state index >= 15 is 0 Å². The van der Waals surface area contributed by atoms with Crippen LogP contribution in [0, 0.1) is 5.92 Å². The molecule has 0 amide bonds. The molecule has 0 aromatic heterocycles. The molecule has 0 rings (SSSR count). The molecule has 0 aliphatic carbocycles. The Morgan fingerprint density at radius 1 is 0.515 bits per heavy atom. The molecule has 0 saturated heterocycles. The summed E-state index contributed by atoms with van der Waals surface area (Å²) in [5, 5.41) is 0. The monoisotopic (exact) mass is 474 g/mol. The smallest absolute Gasteiger partial charge is 0.0927 e. The van der Waals surface area contributed by atoms with E-state index in [1.807, 2.05) is 6.92 Å². The van der Waals surface area contributed by atoms with Gasteiger partial charge in [0, 0.05) is 13.2 Å². The first kappa shape index (κ1) is 32.8. The lowest BCUT2D eigenvalue weighted by Gasteiger charge is -2.19. The largest absolute Gasteiger partial charge is 0.381 e. The molecule has 0 N–H and O–H groups in total. The van der Waals surface area contributed by atoms with Gasteiger partial charge >= 0.3 is 0 Å². The standard InChI is InChI=1S/C28H58O5/c1-6-11-13-15-17-19-27(8-3)32-30-23-21-26(25-29-10-5)22-24-31-33-28(9-4)20-18-16-14-12-7-2/h26-28H,6-25H2,1-5H3. The minimum atomic E-state index is 0.210. The molecule has 33 heavy (non-hydrogen) atoms. The van der Waals surface area contributed by atoms with Gasteiger partial charge in [0.1, 0.15) is 0 Å². The van der Waals surface area contributed by atoms with Gasteiger partial charge < -0.3 is 4.74 Å². The van der Waals surface area contributed by atoms with Crippen LogP contribution in [0.4, 0.5) is 0 Å². The minimum Gasteiger partial charge on any atom is -0.381 e. The second-order valence-electron chi connectivity index (χ2n) is 9.41. The van der Waals surface area contributed by atoms with Crippen molar-refractivity contribution in [3.05, 3.63) is 0 Å². The molecule has 0 fully saturated rings. The lowest BCUT2D eigenvalue weighted by Crippen LogP contribution is -2.19.